The van der Waals surface area contributed by atoms with Crippen molar-refractivity contribution in [1.29, 1.82) is 0 Å². The molecule has 0 aliphatic carbocycles. The molecule has 0 amide bonds. The zero-order chi connectivity index (χ0) is 11.3. The van der Waals surface area contributed by atoms with Crippen molar-refractivity contribution >= 4 is 17.3 Å². The minimum absolute atomic E-state index is 0.0129. The molecule has 1 rings (SSSR count). The number of esters is 1. The van der Waals surface area contributed by atoms with E-state index < -0.39 is 19.0 Å². The Bertz CT molecular complexity index is 332. The second kappa shape index (κ2) is 5.54. The molecular weight excluding hydrogens is 230 g/mol. The molecule has 0 radical (unpaired) electrons. The van der Waals surface area contributed by atoms with Crippen molar-refractivity contribution in [3.05, 3.63) is 5.01 Å². The van der Waals surface area contributed by atoms with E-state index in [9.17, 15) is 13.6 Å². The van der Waals surface area contributed by atoms with Crippen LogP contribution in [0.5, 0.6) is 5.19 Å². The normalized spacial score (nSPS) is 10.4. The summed E-state index contributed by atoms with van der Waals surface area (Å²) >= 11 is 0.771. The van der Waals surface area contributed by atoms with Crippen LogP contribution < -0.4 is 4.74 Å². The molecule has 8 heteroatoms. The van der Waals surface area contributed by atoms with Crippen LogP contribution in [0.4, 0.5) is 8.78 Å². The number of carbonyl (C=O) groups is 1. The highest BCUT2D eigenvalue weighted by molar-refractivity contribution is 7.14. The second-order valence-electron chi connectivity index (χ2n) is 2.30. The summed E-state index contributed by atoms with van der Waals surface area (Å²) in [6.07, 6.45) is -2.58. The summed E-state index contributed by atoms with van der Waals surface area (Å²) in [5.74, 6) is -0.637. The SMILES string of the molecule is CCOC(=O)c1nnc(OCC(F)F)s1. The number of alkyl halides is 2. The summed E-state index contributed by atoms with van der Waals surface area (Å²) in [5.41, 5.74) is 0. The van der Waals surface area contributed by atoms with E-state index in [1.54, 1.807) is 6.92 Å². The van der Waals surface area contributed by atoms with Crippen molar-refractivity contribution in [1.82, 2.24) is 10.2 Å². The van der Waals surface area contributed by atoms with Gasteiger partial charge in [-0.1, -0.05) is 5.10 Å². The van der Waals surface area contributed by atoms with E-state index >= 15 is 0 Å². The Hall–Kier alpha value is -1.31. The van der Waals surface area contributed by atoms with Gasteiger partial charge in [0, 0.05) is 0 Å². The average molecular weight is 238 g/mol. The van der Waals surface area contributed by atoms with Crippen molar-refractivity contribution < 1.29 is 23.0 Å². The van der Waals surface area contributed by atoms with E-state index in [0.29, 0.717) is 0 Å². The highest BCUT2D eigenvalue weighted by Crippen LogP contribution is 2.18. The maximum atomic E-state index is 11.7. The minimum atomic E-state index is -2.58. The average Bonchev–Trinajstić information content (AvgIpc) is 2.63. The molecule has 0 atom stereocenters. The van der Waals surface area contributed by atoms with Crippen LogP contribution in [-0.2, 0) is 4.74 Å². The Morgan fingerprint density at radius 2 is 2.27 bits per heavy atom. The van der Waals surface area contributed by atoms with E-state index in [4.69, 9.17) is 0 Å². The van der Waals surface area contributed by atoms with E-state index in [1.807, 2.05) is 0 Å². The number of nitrogens with zero attached hydrogens (tertiary/aromatic N) is 2. The van der Waals surface area contributed by atoms with Crippen molar-refractivity contribution in [2.75, 3.05) is 13.2 Å². The van der Waals surface area contributed by atoms with Crippen molar-refractivity contribution in [3.8, 4) is 5.19 Å². The van der Waals surface area contributed by atoms with E-state index in [1.165, 1.54) is 0 Å². The van der Waals surface area contributed by atoms with Crippen LogP contribution in [-0.4, -0.2) is 35.8 Å². The standard InChI is InChI=1S/C7H8F2N2O3S/c1-2-13-6(12)5-10-11-7(15-5)14-3-4(8)9/h4H,2-3H2,1H3. The molecule has 1 aromatic heterocycles. The third-order valence-corrected chi connectivity index (χ3v) is 2.01. The molecule has 0 aliphatic heterocycles. The van der Waals surface area contributed by atoms with Gasteiger partial charge in [0.2, 0.25) is 5.01 Å². The van der Waals surface area contributed by atoms with Crippen LogP contribution in [0.1, 0.15) is 16.7 Å². The number of ether oxygens (including phenoxy) is 2. The minimum Gasteiger partial charge on any atom is -0.463 e. The highest BCUT2D eigenvalue weighted by Gasteiger charge is 2.15. The molecule has 0 bridgehead atoms. The first-order valence-corrected chi connectivity index (χ1v) is 4.86. The quantitative estimate of drug-likeness (QED) is 0.725. The fourth-order valence-corrected chi connectivity index (χ4v) is 1.28. The lowest BCUT2D eigenvalue weighted by atomic mass is 10.7. The van der Waals surface area contributed by atoms with Gasteiger partial charge in [-0.25, -0.2) is 13.6 Å². The molecule has 0 spiro atoms. The summed E-state index contributed by atoms with van der Waals surface area (Å²) in [6.45, 7) is 1.09. The molecule has 0 fully saturated rings. The fourth-order valence-electron chi connectivity index (χ4n) is 0.678. The number of hydrogen-bond donors (Lipinski definition) is 0. The fraction of sp³-hybridized carbons (Fsp3) is 0.571. The molecule has 84 valence electrons. The molecule has 1 aromatic rings. The first kappa shape index (κ1) is 11.8. The van der Waals surface area contributed by atoms with Gasteiger partial charge < -0.3 is 9.47 Å². The predicted octanol–water partition coefficient (Wildman–Crippen LogP) is 1.36. The number of rotatable bonds is 5. The molecule has 0 N–H and O–H groups in total. The van der Waals surface area contributed by atoms with Crippen molar-refractivity contribution in [3.63, 3.8) is 0 Å². The molecule has 0 saturated heterocycles. The number of halogens is 2. The van der Waals surface area contributed by atoms with Gasteiger partial charge >= 0.3 is 5.97 Å². The topological polar surface area (TPSA) is 61.3 Å². The molecule has 0 saturated carbocycles. The second-order valence-corrected chi connectivity index (χ2v) is 3.24. The Labute approximate surface area is 88.0 Å². The highest BCUT2D eigenvalue weighted by atomic mass is 32.1. The number of aromatic nitrogens is 2. The maximum Gasteiger partial charge on any atom is 0.369 e. The Kier molecular flexibility index (Phi) is 4.35. The summed E-state index contributed by atoms with van der Waals surface area (Å²) in [4.78, 5) is 11.1. The van der Waals surface area contributed by atoms with Crippen LogP contribution >= 0.6 is 11.3 Å². The monoisotopic (exact) mass is 238 g/mol. The maximum absolute atomic E-state index is 11.7. The third-order valence-electron chi connectivity index (χ3n) is 1.19. The summed E-state index contributed by atoms with van der Waals surface area (Å²) < 4.78 is 32.7. The zero-order valence-corrected chi connectivity index (χ0v) is 8.59. The first-order chi connectivity index (χ1) is 7.13. The Balaban J connectivity index is 2.52. The van der Waals surface area contributed by atoms with Gasteiger partial charge in [-0.3, -0.25) is 0 Å². The third kappa shape index (κ3) is 3.74. The lowest BCUT2D eigenvalue weighted by molar-refractivity contribution is 0.0525. The molecule has 0 unspecified atom stereocenters. The summed E-state index contributed by atoms with van der Waals surface area (Å²) in [7, 11) is 0. The van der Waals surface area contributed by atoms with Gasteiger partial charge in [-0.2, -0.15) is 0 Å². The molecule has 0 aromatic carbocycles. The van der Waals surface area contributed by atoms with Gasteiger partial charge in [-0.15, -0.1) is 5.10 Å². The Morgan fingerprint density at radius 1 is 1.53 bits per heavy atom. The van der Waals surface area contributed by atoms with Crippen LogP contribution in [0, 0.1) is 0 Å². The molecule has 15 heavy (non-hydrogen) atoms. The van der Waals surface area contributed by atoms with Crippen LogP contribution in [0.15, 0.2) is 0 Å². The lowest BCUT2D eigenvalue weighted by Gasteiger charge is -1.98. The van der Waals surface area contributed by atoms with Gasteiger partial charge in [0.05, 0.1) is 6.61 Å². The summed E-state index contributed by atoms with van der Waals surface area (Å²) in [5, 5.41) is 6.76. The summed E-state index contributed by atoms with van der Waals surface area (Å²) in [6, 6.07) is 0. The van der Waals surface area contributed by atoms with E-state index in [2.05, 4.69) is 19.7 Å². The molecule has 0 aliphatic rings. The molecule has 5 nitrogen and oxygen atoms in total. The molecular formula is C7H8F2N2O3S. The number of carbonyl (C=O) groups excluding carboxylic acids is 1. The largest absolute Gasteiger partial charge is 0.463 e. The zero-order valence-electron chi connectivity index (χ0n) is 7.77. The van der Waals surface area contributed by atoms with Gasteiger partial charge in [0.1, 0.15) is 0 Å². The molecule has 1 heterocycles. The van der Waals surface area contributed by atoms with Gasteiger partial charge in [0.25, 0.3) is 11.6 Å². The van der Waals surface area contributed by atoms with Crippen molar-refractivity contribution in [2.45, 2.75) is 13.3 Å². The van der Waals surface area contributed by atoms with Crippen molar-refractivity contribution in [2.24, 2.45) is 0 Å². The van der Waals surface area contributed by atoms with Gasteiger partial charge in [0.15, 0.2) is 6.61 Å². The van der Waals surface area contributed by atoms with E-state index in [0.717, 1.165) is 11.3 Å². The lowest BCUT2D eigenvalue weighted by Crippen LogP contribution is -2.06. The number of hydrogen-bond acceptors (Lipinski definition) is 6. The first-order valence-electron chi connectivity index (χ1n) is 4.05. The van der Waals surface area contributed by atoms with Crippen LogP contribution in [0.3, 0.4) is 0 Å². The predicted molar refractivity (Wildman–Crippen MR) is 47.4 cm³/mol. The Morgan fingerprint density at radius 3 is 2.87 bits per heavy atom. The van der Waals surface area contributed by atoms with Crippen LogP contribution in [0.25, 0.3) is 0 Å². The van der Waals surface area contributed by atoms with Crippen LogP contribution in [0.2, 0.25) is 0 Å². The van der Waals surface area contributed by atoms with Gasteiger partial charge in [-0.05, 0) is 18.3 Å². The van der Waals surface area contributed by atoms with E-state index in [-0.39, 0.29) is 16.8 Å². The smallest absolute Gasteiger partial charge is 0.369 e.